The molecule has 6 amide bonds. The number of furan rings is 1. The number of oxazole rings is 1. The lowest BCUT2D eigenvalue weighted by Gasteiger charge is -2.07. The Morgan fingerprint density at radius 2 is 0.696 bits per heavy atom. The van der Waals surface area contributed by atoms with Gasteiger partial charge in [0.2, 0.25) is 77.0 Å². The van der Waals surface area contributed by atoms with Gasteiger partial charge in [0.25, 0.3) is 0 Å². The molecule has 16 aromatic rings. The van der Waals surface area contributed by atoms with E-state index in [2.05, 4.69) is 155 Å². The highest BCUT2D eigenvalue weighted by molar-refractivity contribution is 7.09. The van der Waals surface area contributed by atoms with Gasteiger partial charge in [-0.15, -0.1) is 11.3 Å². The van der Waals surface area contributed by atoms with Gasteiger partial charge >= 0.3 is 0 Å². The van der Waals surface area contributed by atoms with Gasteiger partial charge in [-0.2, -0.15) is 0 Å². The van der Waals surface area contributed by atoms with E-state index in [-0.39, 0.29) is 35.4 Å². The predicted octanol–water partition coefficient (Wildman–Crippen LogP) is 14.8. The number of benzene rings is 6. The van der Waals surface area contributed by atoms with Gasteiger partial charge in [-0.3, -0.25) is 38.8 Å². The van der Waals surface area contributed by atoms with E-state index in [1.165, 1.54) is 11.1 Å². The number of aromatic amines is 1. The Kier molecular flexibility index (Phi) is 27.1. The van der Waals surface area contributed by atoms with Crippen molar-refractivity contribution in [3.05, 3.63) is 324 Å². The summed E-state index contributed by atoms with van der Waals surface area (Å²) in [4.78, 5) is 141. The molecule has 18 heterocycles. The first kappa shape index (κ1) is 88.9. The molecule has 0 unspecified atom stereocenters. The molecule has 10 aromatic heterocycles. The minimum absolute atomic E-state index is 0.0273. The third kappa shape index (κ3) is 23.0. The van der Waals surface area contributed by atoms with Gasteiger partial charge in [-0.05, 0) is 133 Å². The zero-order chi connectivity index (χ0) is 93.9. The standard InChI is InChI=1S/2C17H15N5O.C17H14N4O2.C17H14N4OS.C16H14N6O.C16H13N5O2/c2*23-16-7-12-4-3-11(6-15(12)22-16)13-8-19-17(20-9-13)21-10-14-2-1-5-18-14;2*22-16-7-12-4-3-11(6-15(12)21-16)13-8-18-17(19-9-13)20-10-14-2-1-5-23-14;23-15-4-11-2-1-10(3-14(11)22-15)12-5-18-16(19-6-12)20-8-13-7-17-9-21-13;22-14-6-11-2-1-10(5-13(11)21-14)12-7-18-16(19-8-12)20-9-15-17-3-4-23-15/h1,3-6,8-9H,2,7,10H2,(H,22,23)(H,19,20,21);1-4,6,8-9H,5,7,10H2,(H,22,23)(H,19,20,21);2*1-6,8-9H,7,10H2,(H,21,22)(H,18,19,20);1-3,5-7,9H,4,8H2,(H,17,21)(H,22,23)(H,18,19,20);1-5,7-8H,6,9H2,(H,21,22)(H,18,19,20). The third-order valence-corrected chi connectivity index (χ3v) is 23.4. The molecule has 8 aliphatic heterocycles. The lowest BCUT2D eigenvalue weighted by molar-refractivity contribution is -0.115. The van der Waals surface area contributed by atoms with Crippen molar-refractivity contribution in [2.75, 3.05) is 83.4 Å². The maximum absolute atomic E-state index is 11.4. The van der Waals surface area contributed by atoms with E-state index in [0.717, 1.165) is 177 Å². The molecule has 38 heteroatoms. The first-order valence-electron chi connectivity index (χ1n) is 43.9. The first-order chi connectivity index (χ1) is 67.7. The minimum Gasteiger partial charge on any atom is -0.467 e. The fraction of sp³-hybridized carbons (Fsp3) is 0.140. The quantitative estimate of drug-likeness (QED) is 0.0267. The maximum Gasteiger partial charge on any atom is 0.228 e. The summed E-state index contributed by atoms with van der Waals surface area (Å²) in [5, 5.41) is 38.0. The number of hydrogen-bond donors (Lipinski definition) is 13. The van der Waals surface area contributed by atoms with Gasteiger partial charge in [0.1, 0.15) is 12.0 Å². The largest absolute Gasteiger partial charge is 0.467 e. The second kappa shape index (κ2) is 42.0. The number of nitrogens with zero attached hydrogens (tertiary/aromatic N) is 16. The summed E-state index contributed by atoms with van der Waals surface area (Å²) in [6.45, 7) is 4.31. The molecular formula is C100H85N29O8S. The molecule has 8 aliphatic rings. The van der Waals surface area contributed by atoms with Gasteiger partial charge < -0.3 is 77.6 Å². The normalized spacial score (nSPS) is 13.6. The Labute approximate surface area is 791 Å². The van der Waals surface area contributed by atoms with Gasteiger partial charge in [-0.1, -0.05) is 91.0 Å². The molecule has 13 N–H and O–H groups in total. The molecule has 0 fully saturated rings. The fourth-order valence-corrected chi connectivity index (χ4v) is 16.0. The SMILES string of the molecule is O=C1Cc2ccc(-c3cnc(NCC4=NC=CC4)nc3)cc2N1.O=C1Cc2ccc(-c3cnc(NCC4=NCC=C4)nc3)cc2N1.O=C1Cc2ccc(-c3cnc(NCc4ccco4)nc3)cc2N1.O=C1Cc2ccc(-c3cnc(NCc4cccs4)nc3)cc2N1.O=C1Cc2ccc(-c3cnc(NCc4cnc[nH]4)nc3)cc2N1.O=C1Cc2ccc(-c3cnc(NCc4ncco4)nc3)cc2N1. The summed E-state index contributed by atoms with van der Waals surface area (Å²) in [6.07, 6.45) is 40.8. The summed E-state index contributed by atoms with van der Waals surface area (Å²) in [5.41, 5.74) is 25.8. The van der Waals surface area contributed by atoms with Crippen LogP contribution in [0.15, 0.2) is 288 Å². The molecule has 138 heavy (non-hydrogen) atoms. The van der Waals surface area contributed by atoms with Crippen LogP contribution < -0.4 is 63.8 Å². The highest BCUT2D eigenvalue weighted by Crippen LogP contribution is 2.36. The number of allylic oxidation sites excluding steroid dienone is 1. The number of aromatic nitrogens is 15. The lowest BCUT2D eigenvalue weighted by atomic mass is 10.1. The highest BCUT2D eigenvalue weighted by atomic mass is 32.1. The lowest BCUT2D eigenvalue weighted by Crippen LogP contribution is -2.13. The van der Waals surface area contributed by atoms with Crippen LogP contribution in [0.5, 0.6) is 0 Å². The molecule has 0 saturated carbocycles. The zero-order valence-electron chi connectivity index (χ0n) is 73.6. The molecule has 24 rings (SSSR count). The van der Waals surface area contributed by atoms with Crippen molar-refractivity contribution in [2.24, 2.45) is 9.98 Å². The average molecular weight is 1850 g/mol. The van der Waals surface area contributed by atoms with Crippen molar-refractivity contribution in [3.63, 3.8) is 0 Å². The van der Waals surface area contributed by atoms with E-state index in [1.54, 1.807) is 111 Å². The van der Waals surface area contributed by atoms with Crippen LogP contribution in [0.1, 0.15) is 62.0 Å². The number of imidazole rings is 1. The Morgan fingerprint density at radius 1 is 0.333 bits per heavy atom. The van der Waals surface area contributed by atoms with E-state index < -0.39 is 0 Å². The van der Waals surface area contributed by atoms with E-state index in [1.807, 2.05) is 157 Å². The number of H-pyrrole nitrogens is 1. The van der Waals surface area contributed by atoms with Crippen LogP contribution in [0, 0.1) is 0 Å². The monoisotopic (exact) mass is 1850 g/mol. The average Bonchev–Trinajstić information content (AvgIpc) is 1.38. The molecule has 0 spiro atoms. The second-order valence-corrected chi connectivity index (χ2v) is 33.2. The Balaban J connectivity index is 0.000000106. The number of aliphatic imine (C=N–C) groups is 2. The van der Waals surface area contributed by atoms with Crippen LogP contribution >= 0.6 is 11.3 Å². The molecule has 0 saturated heterocycles. The van der Waals surface area contributed by atoms with Gasteiger partial charge in [0.15, 0.2) is 0 Å². The molecule has 0 atom stereocenters. The predicted molar refractivity (Wildman–Crippen MR) is 526 cm³/mol. The molecule has 6 aromatic carbocycles. The molecular weight excluding hydrogens is 1770 g/mol. The van der Waals surface area contributed by atoms with Gasteiger partial charge in [0, 0.05) is 171 Å². The number of anilines is 12. The van der Waals surface area contributed by atoms with Crippen LogP contribution in [0.2, 0.25) is 0 Å². The van der Waals surface area contributed by atoms with Gasteiger partial charge in [-0.25, -0.2) is 69.8 Å². The number of amides is 6. The fourth-order valence-electron chi connectivity index (χ4n) is 15.4. The van der Waals surface area contributed by atoms with Crippen LogP contribution in [-0.2, 0) is 93.5 Å². The zero-order valence-corrected chi connectivity index (χ0v) is 74.4. The molecule has 37 nitrogen and oxygen atoms in total. The van der Waals surface area contributed by atoms with Crippen LogP contribution in [0.4, 0.5) is 69.8 Å². The van der Waals surface area contributed by atoms with Crippen molar-refractivity contribution < 1.29 is 37.6 Å². The van der Waals surface area contributed by atoms with E-state index in [0.29, 0.717) is 113 Å². The summed E-state index contributed by atoms with van der Waals surface area (Å²) < 4.78 is 10.4. The van der Waals surface area contributed by atoms with Crippen LogP contribution in [-0.4, -0.2) is 141 Å². The summed E-state index contributed by atoms with van der Waals surface area (Å²) in [5.74, 6) is 4.98. The summed E-state index contributed by atoms with van der Waals surface area (Å²) >= 11 is 1.70. The van der Waals surface area contributed by atoms with Crippen molar-refractivity contribution in [1.29, 1.82) is 0 Å². The molecule has 0 bridgehead atoms. The van der Waals surface area contributed by atoms with Crippen molar-refractivity contribution in [1.82, 2.24) is 74.8 Å². The van der Waals surface area contributed by atoms with Gasteiger partial charge in [0.05, 0.1) is 115 Å². The maximum atomic E-state index is 11.4. The number of fused-ring (bicyclic) bond motifs is 6. The summed E-state index contributed by atoms with van der Waals surface area (Å²) in [7, 11) is 0. The Hall–Kier alpha value is -18.4. The number of hydrogen-bond acceptors (Lipinski definition) is 31. The highest BCUT2D eigenvalue weighted by Gasteiger charge is 2.25. The van der Waals surface area contributed by atoms with E-state index >= 15 is 0 Å². The van der Waals surface area contributed by atoms with Crippen molar-refractivity contribution >= 4 is 128 Å². The van der Waals surface area contributed by atoms with E-state index in [9.17, 15) is 28.8 Å². The smallest absolute Gasteiger partial charge is 0.228 e. The number of carbonyl (C=O) groups excluding carboxylic acids is 6. The van der Waals surface area contributed by atoms with Crippen molar-refractivity contribution in [2.45, 2.75) is 71.1 Å². The molecule has 684 valence electrons. The topological polar surface area (TPSA) is 494 Å². The Bertz CT molecular complexity index is 6670. The minimum atomic E-state index is 0.0273. The summed E-state index contributed by atoms with van der Waals surface area (Å²) in [6, 6.07) is 43.3. The number of nitrogens with one attached hydrogen (secondary N) is 13. The number of rotatable bonds is 24. The number of carbonyl (C=O) groups is 6. The first-order valence-corrected chi connectivity index (χ1v) is 44.8. The van der Waals surface area contributed by atoms with Crippen LogP contribution in [0.3, 0.4) is 0 Å². The third-order valence-electron chi connectivity index (χ3n) is 22.5. The second-order valence-electron chi connectivity index (χ2n) is 32.2. The van der Waals surface area contributed by atoms with Crippen molar-refractivity contribution in [3.8, 4) is 66.8 Å². The van der Waals surface area contributed by atoms with E-state index in [4.69, 9.17) is 8.83 Å². The molecule has 0 radical (unpaired) electrons. The number of thiophene rings is 1. The molecule has 0 aliphatic carbocycles. The van der Waals surface area contributed by atoms with Crippen LogP contribution in [0.25, 0.3) is 66.8 Å². The Morgan fingerprint density at radius 3 is 1.01 bits per heavy atom.